The predicted molar refractivity (Wildman–Crippen MR) is 172 cm³/mol. The molecule has 2 aliphatic rings. The van der Waals surface area contributed by atoms with E-state index in [0.29, 0.717) is 0 Å². The minimum Gasteiger partial charge on any atom is -0.457 e. The maximum absolute atomic E-state index is 5.78. The molecule has 0 spiro atoms. The van der Waals surface area contributed by atoms with E-state index in [-0.39, 0.29) is 0 Å². The van der Waals surface area contributed by atoms with Crippen LogP contribution in [0.4, 0.5) is 0 Å². The molecule has 1 nitrogen and oxygen atoms in total. The van der Waals surface area contributed by atoms with Gasteiger partial charge in [0.05, 0.1) is 0 Å². The average Bonchev–Trinajstić information content (AvgIpc) is 3.42. The zero-order valence-corrected chi connectivity index (χ0v) is 22.8. The lowest BCUT2D eigenvalue weighted by molar-refractivity contribution is 0.460. The van der Waals surface area contributed by atoms with Crippen molar-refractivity contribution in [2.45, 2.75) is 12.8 Å². The first-order chi connectivity index (χ1) is 20.3. The number of ether oxygens (including phenoxy) is 1. The third kappa shape index (κ3) is 5.23. The van der Waals surface area contributed by atoms with Crippen LogP contribution >= 0.6 is 0 Å². The van der Waals surface area contributed by atoms with Crippen molar-refractivity contribution >= 4 is 21.5 Å². The van der Waals surface area contributed by atoms with E-state index in [1.807, 2.05) is 24.3 Å². The summed E-state index contributed by atoms with van der Waals surface area (Å²) in [5.74, 6) is 1.98. The Balaban J connectivity index is 0.000000101. The summed E-state index contributed by atoms with van der Waals surface area (Å²) in [4.78, 5) is 0. The number of hydrogen-bond acceptors (Lipinski definition) is 1. The average molecular weight is 527 g/mol. The summed E-state index contributed by atoms with van der Waals surface area (Å²) in [6, 6.07) is 55.1. The SMILES string of the molecule is c1ccc2c(c1)Cc1ccccc1-2.c1ccc2c(c1)Cc1ccccc1O2.c1ccc2cc3ccccc3cc2c1. The first kappa shape index (κ1) is 24.9. The second kappa shape index (κ2) is 11.2. The van der Waals surface area contributed by atoms with Crippen molar-refractivity contribution in [3.63, 3.8) is 0 Å². The minimum absolute atomic E-state index is 0.979. The lowest BCUT2D eigenvalue weighted by atomic mass is 10.0. The lowest BCUT2D eigenvalue weighted by Crippen LogP contribution is -2.01. The highest BCUT2D eigenvalue weighted by Crippen LogP contribution is 2.36. The zero-order chi connectivity index (χ0) is 27.4. The summed E-state index contributed by atoms with van der Waals surface area (Å²) in [5.41, 5.74) is 8.29. The number of para-hydroxylation sites is 2. The maximum atomic E-state index is 5.78. The molecule has 1 aliphatic heterocycles. The van der Waals surface area contributed by atoms with Crippen LogP contribution < -0.4 is 4.74 Å². The Morgan fingerprint density at radius 1 is 0.317 bits per heavy atom. The van der Waals surface area contributed by atoms with Crippen LogP contribution in [-0.4, -0.2) is 0 Å². The summed E-state index contributed by atoms with van der Waals surface area (Å²) >= 11 is 0. The van der Waals surface area contributed by atoms with Gasteiger partial charge in [-0.05, 0) is 85.6 Å². The lowest BCUT2D eigenvalue weighted by Gasteiger charge is -2.19. The quantitative estimate of drug-likeness (QED) is 0.179. The largest absolute Gasteiger partial charge is 0.457 e. The topological polar surface area (TPSA) is 9.23 Å². The van der Waals surface area contributed by atoms with Gasteiger partial charge in [-0.2, -0.15) is 0 Å². The molecule has 1 heteroatoms. The number of fused-ring (bicyclic) bond motifs is 7. The van der Waals surface area contributed by atoms with E-state index in [1.165, 1.54) is 54.9 Å². The molecule has 0 bridgehead atoms. The van der Waals surface area contributed by atoms with E-state index < -0.39 is 0 Å². The van der Waals surface area contributed by atoms with Crippen LogP contribution in [-0.2, 0) is 12.8 Å². The van der Waals surface area contributed by atoms with E-state index in [4.69, 9.17) is 4.74 Å². The fourth-order valence-corrected chi connectivity index (χ4v) is 5.78. The molecule has 1 aliphatic carbocycles. The molecule has 196 valence electrons. The highest BCUT2D eigenvalue weighted by molar-refractivity contribution is 5.98. The fraction of sp³-hybridized carbons (Fsp3) is 0.0500. The van der Waals surface area contributed by atoms with Crippen LogP contribution in [0.15, 0.2) is 158 Å². The second-order valence-electron chi connectivity index (χ2n) is 10.5. The van der Waals surface area contributed by atoms with E-state index in [9.17, 15) is 0 Å². The molecule has 0 unspecified atom stereocenters. The molecule has 0 fully saturated rings. The monoisotopic (exact) mass is 526 g/mol. The van der Waals surface area contributed by atoms with Gasteiger partial charge in [0, 0.05) is 6.42 Å². The molecule has 7 aromatic carbocycles. The van der Waals surface area contributed by atoms with Gasteiger partial charge < -0.3 is 4.74 Å². The summed E-state index contributed by atoms with van der Waals surface area (Å²) in [7, 11) is 0. The summed E-state index contributed by atoms with van der Waals surface area (Å²) in [5, 5.41) is 5.25. The summed E-state index contributed by atoms with van der Waals surface area (Å²) in [6.07, 6.45) is 2.08. The van der Waals surface area contributed by atoms with E-state index in [0.717, 1.165) is 24.3 Å². The Morgan fingerprint density at radius 3 is 1.07 bits per heavy atom. The van der Waals surface area contributed by atoms with Gasteiger partial charge in [-0.25, -0.2) is 0 Å². The van der Waals surface area contributed by atoms with Crippen LogP contribution in [0, 0.1) is 0 Å². The van der Waals surface area contributed by atoms with Gasteiger partial charge in [-0.1, -0.05) is 133 Å². The normalized spacial score (nSPS) is 11.9. The summed E-state index contributed by atoms with van der Waals surface area (Å²) < 4.78 is 5.78. The molecule has 0 aromatic heterocycles. The third-order valence-corrected chi connectivity index (χ3v) is 7.87. The maximum Gasteiger partial charge on any atom is 0.130 e. The van der Waals surface area contributed by atoms with Crippen molar-refractivity contribution in [1.82, 2.24) is 0 Å². The number of benzene rings is 7. The molecular weight excluding hydrogens is 496 g/mol. The second-order valence-corrected chi connectivity index (χ2v) is 10.5. The van der Waals surface area contributed by atoms with Crippen molar-refractivity contribution in [2.24, 2.45) is 0 Å². The first-order valence-electron chi connectivity index (χ1n) is 14.2. The molecular formula is C40H30O. The highest BCUT2D eigenvalue weighted by atomic mass is 16.5. The van der Waals surface area contributed by atoms with Crippen LogP contribution in [0.5, 0.6) is 11.5 Å². The van der Waals surface area contributed by atoms with E-state index in [1.54, 1.807) is 0 Å². The third-order valence-electron chi connectivity index (χ3n) is 7.87. The molecule has 0 amide bonds. The Hall–Kier alpha value is -5.14. The van der Waals surface area contributed by atoms with Gasteiger partial charge in [0.25, 0.3) is 0 Å². The van der Waals surface area contributed by atoms with Crippen molar-refractivity contribution in [2.75, 3.05) is 0 Å². The molecule has 1 heterocycles. The Bertz CT molecular complexity index is 1750. The molecule has 41 heavy (non-hydrogen) atoms. The standard InChI is InChI=1S/C14H10.C13H10O.C13H10/c1-2-6-12-10-14-8-4-3-7-13(14)9-11(12)5-1;1-3-7-12-10(5-1)9-11-6-2-4-8-13(11)14-12;1-3-7-12-10(5-1)9-11-6-2-4-8-13(11)12/h1-10H;1-8H,9H2;1-8H,9H2. The highest BCUT2D eigenvalue weighted by Gasteiger charge is 2.16. The molecule has 7 aromatic rings. The van der Waals surface area contributed by atoms with Gasteiger partial charge in [-0.15, -0.1) is 0 Å². The number of rotatable bonds is 0. The van der Waals surface area contributed by atoms with Gasteiger partial charge in [0.15, 0.2) is 0 Å². The molecule has 0 atom stereocenters. The van der Waals surface area contributed by atoms with E-state index >= 15 is 0 Å². The van der Waals surface area contributed by atoms with Gasteiger partial charge in [-0.3, -0.25) is 0 Å². The molecule has 9 rings (SSSR count). The van der Waals surface area contributed by atoms with Crippen LogP contribution in [0.2, 0.25) is 0 Å². The van der Waals surface area contributed by atoms with Crippen LogP contribution in [0.1, 0.15) is 22.3 Å². The van der Waals surface area contributed by atoms with Crippen molar-refractivity contribution < 1.29 is 4.74 Å². The van der Waals surface area contributed by atoms with Crippen LogP contribution in [0.25, 0.3) is 32.7 Å². The van der Waals surface area contributed by atoms with E-state index in [2.05, 4.69) is 133 Å². The first-order valence-corrected chi connectivity index (χ1v) is 14.2. The van der Waals surface area contributed by atoms with Gasteiger partial charge in [0.2, 0.25) is 0 Å². The smallest absolute Gasteiger partial charge is 0.130 e. The molecule has 0 saturated carbocycles. The number of hydrogen-bond donors (Lipinski definition) is 0. The Labute approximate surface area is 241 Å². The Kier molecular flexibility index (Phi) is 6.77. The van der Waals surface area contributed by atoms with Crippen molar-refractivity contribution in [3.8, 4) is 22.6 Å². The van der Waals surface area contributed by atoms with Gasteiger partial charge in [0.1, 0.15) is 11.5 Å². The van der Waals surface area contributed by atoms with Crippen molar-refractivity contribution in [1.29, 1.82) is 0 Å². The van der Waals surface area contributed by atoms with Crippen molar-refractivity contribution in [3.05, 3.63) is 180 Å². The van der Waals surface area contributed by atoms with Crippen LogP contribution in [0.3, 0.4) is 0 Å². The summed E-state index contributed by atoms with van der Waals surface area (Å²) in [6.45, 7) is 0. The zero-order valence-electron chi connectivity index (χ0n) is 22.8. The molecule has 0 saturated heterocycles. The minimum atomic E-state index is 0.979. The fourth-order valence-electron chi connectivity index (χ4n) is 5.78. The molecule has 0 radical (unpaired) electrons. The molecule has 0 N–H and O–H groups in total. The Morgan fingerprint density at radius 2 is 0.634 bits per heavy atom. The predicted octanol–water partition coefficient (Wildman–Crippen LogP) is 10.6. The van der Waals surface area contributed by atoms with Gasteiger partial charge >= 0.3 is 0 Å².